The van der Waals surface area contributed by atoms with E-state index in [2.05, 4.69) is 13.1 Å². The third kappa shape index (κ3) is 1.33. The van der Waals surface area contributed by atoms with Crippen molar-refractivity contribution >= 4 is 8.80 Å². The Morgan fingerprint density at radius 2 is 2.25 bits per heavy atom. The Bertz CT molecular complexity index is 66.9. The summed E-state index contributed by atoms with van der Waals surface area (Å²) < 4.78 is 5.46. The minimum atomic E-state index is -0.135. The van der Waals surface area contributed by atoms with Crippen LogP contribution in [0.15, 0.2) is 0 Å². The van der Waals surface area contributed by atoms with E-state index in [0.717, 1.165) is 6.61 Å². The largest absolute Gasteiger partial charge is 0.382 e. The summed E-state index contributed by atoms with van der Waals surface area (Å²) in [4.78, 5) is 0. The fourth-order valence-corrected chi connectivity index (χ4v) is 2.27. The highest BCUT2D eigenvalue weighted by atomic mass is 28.3. The van der Waals surface area contributed by atoms with Gasteiger partial charge in [-0.3, -0.25) is 0 Å². The lowest BCUT2D eigenvalue weighted by Gasteiger charge is -2.09. The molecule has 0 bridgehead atoms. The van der Waals surface area contributed by atoms with Crippen molar-refractivity contribution < 1.29 is 4.74 Å². The smallest absolute Gasteiger partial charge is 0.0783 e. The standard InChI is InChI=1S/C6H13OSi/c1-8(2)6-4-3-5-7-6/h6H,3-5H2,1-2H3. The molecule has 1 rings (SSSR count). The fourth-order valence-electron chi connectivity index (χ4n) is 1.03. The molecule has 0 aliphatic carbocycles. The van der Waals surface area contributed by atoms with Crippen LogP contribution < -0.4 is 0 Å². The molecule has 0 aromatic carbocycles. The van der Waals surface area contributed by atoms with Crippen molar-refractivity contribution in [2.45, 2.75) is 31.7 Å². The van der Waals surface area contributed by atoms with E-state index in [4.69, 9.17) is 4.74 Å². The van der Waals surface area contributed by atoms with Crippen LogP contribution in [0, 0.1) is 0 Å². The molecule has 1 radical (unpaired) electrons. The van der Waals surface area contributed by atoms with Gasteiger partial charge in [-0.25, -0.2) is 0 Å². The highest BCUT2D eigenvalue weighted by Crippen LogP contribution is 2.13. The fraction of sp³-hybridized carbons (Fsp3) is 1.00. The van der Waals surface area contributed by atoms with Gasteiger partial charge in [-0.05, 0) is 12.8 Å². The normalized spacial score (nSPS) is 29.6. The second-order valence-corrected chi connectivity index (χ2v) is 5.38. The van der Waals surface area contributed by atoms with Gasteiger partial charge in [0.15, 0.2) is 0 Å². The summed E-state index contributed by atoms with van der Waals surface area (Å²) >= 11 is 0. The molecular weight excluding hydrogens is 116 g/mol. The molecule has 0 spiro atoms. The summed E-state index contributed by atoms with van der Waals surface area (Å²) in [5.74, 6) is 0. The van der Waals surface area contributed by atoms with Crippen LogP contribution in [0.25, 0.3) is 0 Å². The summed E-state index contributed by atoms with van der Waals surface area (Å²) in [6, 6.07) is 0. The lowest BCUT2D eigenvalue weighted by Crippen LogP contribution is -2.22. The van der Waals surface area contributed by atoms with Crippen LogP contribution >= 0.6 is 0 Å². The Balaban J connectivity index is 2.24. The third-order valence-electron chi connectivity index (χ3n) is 1.57. The van der Waals surface area contributed by atoms with Gasteiger partial charge in [-0.1, -0.05) is 13.1 Å². The zero-order chi connectivity index (χ0) is 5.98. The molecule has 0 aromatic rings. The SMILES string of the molecule is C[Si](C)C1CCCO1. The van der Waals surface area contributed by atoms with Crippen LogP contribution in [0.2, 0.25) is 13.1 Å². The van der Waals surface area contributed by atoms with Crippen LogP contribution in [0.1, 0.15) is 12.8 Å². The first kappa shape index (κ1) is 6.30. The quantitative estimate of drug-likeness (QED) is 0.487. The van der Waals surface area contributed by atoms with Crippen LogP contribution in [0.4, 0.5) is 0 Å². The van der Waals surface area contributed by atoms with Crippen LogP contribution in [0.5, 0.6) is 0 Å². The summed E-state index contributed by atoms with van der Waals surface area (Å²) in [6.45, 7) is 5.65. The minimum Gasteiger partial charge on any atom is -0.382 e. The van der Waals surface area contributed by atoms with Gasteiger partial charge < -0.3 is 4.74 Å². The molecule has 0 amide bonds. The molecular formula is C6H13OSi. The van der Waals surface area contributed by atoms with Gasteiger partial charge >= 0.3 is 0 Å². The Labute approximate surface area is 52.6 Å². The van der Waals surface area contributed by atoms with Crippen LogP contribution in [-0.4, -0.2) is 21.1 Å². The highest BCUT2D eigenvalue weighted by molar-refractivity contribution is 6.57. The minimum absolute atomic E-state index is 0.135. The van der Waals surface area contributed by atoms with E-state index in [-0.39, 0.29) is 8.80 Å². The van der Waals surface area contributed by atoms with Crippen molar-refractivity contribution in [1.29, 1.82) is 0 Å². The molecule has 8 heavy (non-hydrogen) atoms. The van der Waals surface area contributed by atoms with Crippen LogP contribution in [-0.2, 0) is 4.74 Å². The topological polar surface area (TPSA) is 9.23 Å². The van der Waals surface area contributed by atoms with Crippen molar-refractivity contribution in [3.8, 4) is 0 Å². The zero-order valence-electron chi connectivity index (χ0n) is 5.61. The summed E-state index contributed by atoms with van der Waals surface area (Å²) in [6.07, 6.45) is 2.61. The van der Waals surface area contributed by atoms with Gasteiger partial charge in [-0.15, -0.1) is 0 Å². The van der Waals surface area contributed by atoms with Crippen molar-refractivity contribution in [3.63, 3.8) is 0 Å². The lowest BCUT2D eigenvalue weighted by atomic mass is 10.4. The molecule has 2 heteroatoms. The molecule has 0 N–H and O–H groups in total. The average molecular weight is 129 g/mol. The first-order chi connectivity index (χ1) is 3.80. The predicted octanol–water partition coefficient (Wildman–Crippen LogP) is 1.46. The van der Waals surface area contributed by atoms with E-state index in [9.17, 15) is 0 Å². The Kier molecular flexibility index (Phi) is 2.08. The molecule has 1 heterocycles. The Morgan fingerprint density at radius 3 is 2.50 bits per heavy atom. The zero-order valence-corrected chi connectivity index (χ0v) is 6.61. The molecule has 1 nitrogen and oxygen atoms in total. The van der Waals surface area contributed by atoms with Crippen molar-refractivity contribution in [2.24, 2.45) is 0 Å². The molecule has 1 atom stereocenters. The molecule has 1 saturated heterocycles. The van der Waals surface area contributed by atoms with Gasteiger partial charge in [0.05, 0.1) is 8.80 Å². The molecule has 0 aromatic heterocycles. The van der Waals surface area contributed by atoms with Crippen molar-refractivity contribution in [3.05, 3.63) is 0 Å². The average Bonchev–Trinajstić information content (AvgIpc) is 2.12. The molecule has 1 aliphatic rings. The Morgan fingerprint density at radius 1 is 1.50 bits per heavy atom. The predicted molar refractivity (Wildman–Crippen MR) is 36.5 cm³/mol. The molecule has 1 aliphatic heterocycles. The van der Waals surface area contributed by atoms with Gasteiger partial charge in [-0.2, -0.15) is 0 Å². The first-order valence-electron chi connectivity index (χ1n) is 3.22. The van der Waals surface area contributed by atoms with Gasteiger partial charge in [0.25, 0.3) is 0 Å². The Hall–Kier alpha value is 0.177. The first-order valence-corrected chi connectivity index (χ1v) is 5.80. The van der Waals surface area contributed by atoms with Gasteiger partial charge in [0.1, 0.15) is 0 Å². The van der Waals surface area contributed by atoms with E-state index < -0.39 is 0 Å². The highest BCUT2D eigenvalue weighted by Gasteiger charge is 2.19. The van der Waals surface area contributed by atoms with E-state index in [1.54, 1.807) is 0 Å². The molecule has 0 saturated carbocycles. The van der Waals surface area contributed by atoms with Gasteiger partial charge in [0, 0.05) is 12.3 Å². The molecule has 1 unspecified atom stereocenters. The van der Waals surface area contributed by atoms with E-state index in [1.807, 2.05) is 0 Å². The summed E-state index contributed by atoms with van der Waals surface area (Å²) in [7, 11) is -0.135. The maximum Gasteiger partial charge on any atom is 0.0783 e. The molecule has 47 valence electrons. The lowest BCUT2D eigenvalue weighted by molar-refractivity contribution is 0.163. The number of hydrogen-bond donors (Lipinski definition) is 0. The summed E-state index contributed by atoms with van der Waals surface area (Å²) in [5, 5.41) is 0. The number of ether oxygens (including phenoxy) is 1. The third-order valence-corrected chi connectivity index (χ3v) is 3.32. The monoisotopic (exact) mass is 129 g/mol. The van der Waals surface area contributed by atoms with Crippen LogP contribution in [0.3, 0.4) is 0 Å². The summed E-state index contributed by atoms with van der Waals surface area (Å²) in [5.41, 5.74) is 0.667. The number of hydrogen-bond acceptors (Lipinski definition) is 1. The van der Waals surface area contributed by atoms with E-state index >= 15 is 0 Å². The van der Waals surface area contributed by atoms with E-state index in [1.165, 1.54) is 12.8 Å². The number of rotatable bonds is 1. The van der Waals surface area contributed by atoms with Crippen molar-refractivity contribution in [1.82, 2.24) is 0 Å². The molecule has 1 fully saturated rings. The maximum absolute atomic E-state index is 5.46. The second kappa shape index (κ2) is 2.64. The van der Waals surface area contributed by atoms with E-state index in [0.29, 0.717) is 5.73 Å². The maximum atomic E-state index is 5.46. The van der Waals surface area contributed by atoms with Crippen molar-refractivity contribution in [2.75, 3.05) is 6.61 Å². The van der Waals surface area contributed by atoms with Gasteiger partial charge in [0.2, 0.25) is 0 Å². The second-order valence-electron chi connectivity index (χ2n) is 2.58.